The maximum absolute atomic E-state index is 12.1. The number of nitrogens with two attached hydrogens (primary N) is 1. The van der Waals surface area contributed by atoms with Crippen LogP contribution in [-0.4, -0.2) is 30.7 Å². The first kappa shape index (κ1) is 12.9. The number of nitrogen functional groups attached to an aromatic ring is 1. The summed E-state index contributed by atoms with van der Waals surface area (Å²) in [5, 5.41) is -0.996. The van der Waals surface area contributed by atoms with E-state index >= 15 is 0 Å². The smallest absolute Gasteiger partial charge is 0.241 e. The van der Waals surface area contributed by atoms with E-state index in [2.05, 4.69) is 0 Å². The first-order valence-corrected chi connectivity index (χ1v) is 7.59. The van der Waals surface area contributed by atoms with Gasteiger partial charge in [0.05, 0.1) is 0 Å². The average Bonchev–Trinajstić information content (AvgIpc) is 2.68. The van der Waals surface area contributed by atoms with E-state index in [0.717, 1.165) is 17.4 Å². The van der Waals surface area contributed by atoms with Gasteiger partial charge in [0.15, 0.2) is 9.84 Å². The van der Waals surface area contributed by atoms with Crippen molar-refractivity contribution in [3.05, 3.63) is 29.3 Å². The van der Waals surface area contributed by atoms with Crippen LogP contribution in [0.5, 0.6) is 0 Å². The minimum Gasteiger partial charge on any atom is -0.399 e. The van der Waals surface area contributed by atoms with Gasteiger partial charge in [-0.05, 0) is 30.2 Å². The van der Waals surface area contributed by atoms with Crippen LogP contribution in [0.4, 0.5) is 5.69 Å². The van der Waals surface area contributed by atoms with Crippen LogP contribution in [0.1, 0.15) is 18.1 Å². The molecule has 18 heavy (non-hydrogen) atoms. The number of hydrogen-bond acceptors (Lipinski definition) is 4. The lowest BCUT2D eigenvalue weighted by atomic mass is 10.1. The number of amides is 1. The molecule has 0 radical (unpaired) electrons. The van der Waals surface area contributed by atoms with Gasteiger partial charge in [-0.2, -0.15) is 0 Å². The lowest BCUT2D eigenvalue weighted by molar-refractivity contribution is -0.131. The van der Waals surface area contributed by atoms with Crippen LogP contribution >= 0.6 is 0 Å². The van der Waals surface area contributed by atoms with Crippen LogP contribution in [0, 0.1) is 0 Å². The monoisotopic (exact) mass is 268 g/mol. The molecule has 1 aromatic rings. The van der Waals surface area contributed by atoms with Crippen molar-refractivity contribution in [3.8, 4) is 0 Å². The summed E-state index contributed by atoms with van der Waals surface area (Å²) < 4.78 is 22.8. The van der Waals surface area contributed by atoms with Gasteiger partial charge in [0.25, 0.3) is 0 Å². The molecule has 5 nitrogen and oxygen atoms in total. The first-order chi connectivity index (χ1) is 8.29. The highest BCUT2D eigenvalue weighted by atomic mass is 32.2. The molecule has 0 saturated carbocycles. The Morgan fingerprint density at radius 3 is 2.56 bits per heavy atom. The minimum absolute atomic E-state index is 0.354. The summed E-state index contributed by atoms with van der Waals surface area (Å²) in [6, 6.07) is 5.49. The van der Waals surface area contributed by atoms with E-state index in [4.69, 9.17) is 5.73 Å². The SMILES string of the molecule is CC(C(=O)N1Cc2ccc(N)cc2C1)S(C)(=O)=O. The predicted molar refractivity (Wildman–Crippen MR) is 69.4 cm³/mol. The molecule has 1 heterocycles. The third kappa shape index (κ3) is 2.33. The Morgan fingerprint density at radius 2 is 1.94 bits per heavy atom. The number of anilines is 1. The summed E-state index contributed by atoms with van der Waals surface area (Å²) in [6.45, 7) is 2.31. The molecule has 0 aromatic heterocycles. The highest BCUT2D eigenvalue weighted by Gasteiger charge is 2.31. The van der Waals surface area contributed by atoms with E-state index in [1.54, 1.807) is 11.0 Å². The van der Waals surface area contributed by atoms with Crippen molar-refractivity contribution in [1.29, 1.82) is 0 Å². The van der Waals surface area contributed by atoms with Crippen molar-refractivity contribution >= 4 is 21.4 Å². The number of rotatable bonds is 2. The molecule has 1 amide bonds. The highest BCUT2D eigenvalue weighted by Crippen LogP contribution is 2.25. The number of sulfone groups is 1. The van der Waals surface area contributed by atoms with E-state index in [1.165, 1.54) is 6.92 Å². The number of nitrogens with zero attached hydrogens (tertiary/aromatic N) is 1. The molecular formula is C12H16N2O3S. The second-order valence-corrected chi connectivity index (χ2v) is 7.06. The molecule has 98 valence electrons. The van der Waals surface area contributed by atoms with Gasteiger partial charge in [0.2, 0.25) is 5.91 Å². The van der Waals surface area contributed by atoms with Gasteiger partial charge >= 0.3 is 0 Å². The maximum atomic E-state index is 12.1. The van der Waals surface area contributed by atoms with Crippen molar-refractivity contribution < 1.29 is 13.2 Å². The molecule has 1 aliphatic rings. The fraction of sp³-hybridized carbons (Fsp3) is 0.417. The first-order valence-electron chi connectivity index (χ1n) is 5.64. The quantitative estimate of drug-likeness (QED) is 0.794. The standard InChI is InChI=1S/C12H16N2O3S/c1-8(18(2,16)17)12(15)14-6-9-3-4-11(13)5-10(9)7-14/h3-5,8H,6-7,13H2,1-2H3. The number of benzene rings is 1. The normalized spacial score (nSPS) is 16.4. The third-order valence-electron chi connectivity index (χ3n) is 3.25. The summed E-state index contributed by atoms with van der Waals surface area (Å²) in [5.74, 6) is -0.354. The zero-order chi connectivity index (χ0) is 13.5. The van der Waals surface area contributed by atoms with E-state index in [9.17, 15) is 13.2 Å². The topological polar surface area (TPSA) is 80.5 Å². The largest absolute Gasteiger partial charge is 0.399 e. The molecule has 0 fully saturated rings. The van der Waals surface area contributed by atoms with Crippen LogP contribution < -0.4 is 5.73 Å². The van der Waals surface area contributed by atoms with Gasteiger partial charge in [0.1, 0.15) is 5.25 Å². The fourth-order valence-electron chi connectivity index (χ4n) is 2.01. The van der Waals surface area contributed by atoms with E-state index in [0.29, 0.717) is 18.8 Å². The summed E-state index contributed by atoms with van der Waals surface area (Å²) in [5.41, 5.74) is 8.35. The Hall–Kier alpha value is -1.56. The van der Waals surface area contributed by atoms with Gasteiger partial charge in [-0.3, -0.25) is 4.79 Å². The Balaban J connectivity index is 2.19. The van der Waals surface area contributed by atoms with Gasteiger partial charge in [0, 0.05) is 25.0 Å². The maximum Gasteiger partial charge on any atom is 0.241 e. The van der Waals surface area contributed by atoms with E-state index in [-0.39, 0.29) is 5.91 Å². The Kier molecular flexibility index (Phi) is 3.06. The Bertz CT molecular complexity index is 595. The van der Waals surface area contributed by atoms with Crippen molar-refractivity contribution in [2.75, 3.05) is 12.0 Å². The van der Waals surface area contributed by atoms with Gasteiger partial charge in [-0.15, -0.1) is 0 Å². The summed E-state index contributed by atoms with van der Waals surface area (Å²) in [4.78, 5) is 13.6. The number of carbonyl (C=O) groups is 1. The number of carbonyl (C=O) groups excluding carboxylic acids is 1. The molecule has 6 heteroatoms. The molecule has 1 atom stereocenters. The lowest BCUT2D eigenvalue weighted by Gasteiger charge is -2.19. The molecule has 2 N–H and O–H groups in total. The van der Waals surface area contributed by atoms with Crippen LogP contribution in [0.25, 0.3) is 0 Å². The zero-order valence-electron chi connectivity index (χ0n) is 10.4. The van der Waals surface area contributed by atoms with Gasteiger partial charge in [-0.25, -0.2) is 8.42 Å². The van der Waals surface area contributed by atoms with Crippen molar-refractivity contribution in [2.45, 2.75) is 25.3 Å². The van der Waals surface area contributed by atoms with E-state index < -0.39 is 15.1 Å². The molecule has 1 unspecified atom stereocenters. The average molecular weight is 268 g/mol. The second-order valence-electron chi connectivity index (χ2n) is 4.69. The van der Waals surface area contributed by atoms with Crippen LogP contribution in [-0.2, 0) is 27.7 Å². The van der Waals surface area contributed by atoms with Crippen LogP contribution in [0.2, 0.25) is 0 Å². The van der Waals surface area contributed by atoms with Gasteiger partial charge in [-0.1, -0.05) is 6.07 Å². The van der Waals surface area contributed by atoms with E-state index in [1.807, 2.05) is 12.1 Å². The lowest BCUT2D eigenvalue weighted by Crippen LogP contribution is -2.38. The fourth-order valence-corrected chi connectivity index (χ4v) is 2.53. The van der Waals surface area contributed by atoms with Crippen LogP contribution in [0.3, 0.4) is 0 Å². The molecule has 1 aromatic carbocycles. The second kappa shape index (κ2) is 4.28. The van der Waals surface area contributed by atoms with Crippen molar-refractivity contribution in [2.24, 2.45) is 0 Å². The molecule has 0 aliphatic carbocycles. The van der Waals surface area contributed by atoms with Crippen molar-refractivity contribution in [3.63, 3.8) is 0 Å². The summed E-state index contributed by atoms with van der Waals surface area (Å²) in [6.07, 6.45) is 1.08. The summed E-state index contributed by atoms with van der Waals surface area (Å²) in [7, 11) is -3.35. The Morgan fingerprint density at radius 1 is 1.33 bits per heavy atom. The molecular weight excluding hydrogens is 252 g/mol. The Labute approximate surface area is 107 Å². The minimum atomic E-state index is -3.35. The van der Waals surface area contributed by atoms with Crippen molar-refractivity contribution in [1.82, 2.24) is 4.90 Å². The van der Waals surface area contributed by atoms with Gasteiger partial charge < -0.3 is 10.6 Å². The molecule has 1 aliphatic heterocycles. The summed E-state index contributed by atoms with van der Waals surface area (Å²) >= 11 is 0. The number of fused-ring (bicyclic) bond motifs is 1. The highest BCUT2D eigenvalue weighted by molar-refractivity contribution is 7.92. The molecule has 0 saturated heterocycles. The molecule has 2 rings (SSSR count). The van der Waals surface area contributed by atoms with Crippen LogP contribution in [0.15, 0.2) is 18.2 Å². The molecule has 0 spiro atoms. The number of hydrogen-bond donors (Lipinski definition) is 1. The third-order valence-corrected chi connectivity index (χ3v) is 4.74. The molecule has 0 bridgehead atoms. The predicted octanol–water partition coefficient (Wildman–Crippen LogP) is 0.544. The zero-order valence-corrected chi connectivity index (χ0v) is 11.2.